The van der Waals surface area contributed by atoms with E-state index in [2.05, 4.69) is 25.9 Å². The molecule has 1 aromatic heterocycles. The number of hydrogen-bond donors (Lipinski definition) is 5. The monoisotopic (exact) mass is 515 g/mol. The lowest BCUT2D eigenvalue weighted by Gasteiger charge is -2.28. The molecule has 37 heavy (non-hydrogen) atoms. The van der Waals surface area contributed by atoms with Gasteiger partial charge in [0.25, 0.3) is 0 Å². The summed E-state index contributed by atoms with van der Waals surface area (Å²) in [6.45, 7) is 8.61. The molecule has 2 aromatic rings. The normalized spacial score (nSPS) is 14.3. The van der Waals surface area contributed by atoms with Crippen LogP contribution in [0.25, 0.3) is 0 Å². The van der Waals surface area contributed by atoms with Crippen molar-refractivity contribution in [2.75, 3.05) is 6.54 Å². The Labute approximate surface area is 219 Å². The molecule has 1 heterocycles. The molecule has 0 saturated carbocycles. The average molecular weight is 516 g/mol. The topological polar surface area (TPSA) is 145 Å². The Kier molecular flexibility index (Phi) is 12.6. The van der Waals surface area contributed by atoms with Crippen molar-refractivity contribution < 1.29 is 24.2 Å². The van der Waals surface area contributed by atoms with Crippen LogP contribution in [0.15, 0.2) is 42.9 Å². The first-order valence-electron chi connectivity index (χ1n) is 12.9. The van der Waals surface area contributed by atoms with E-state index in [4.69, 9.17) is 4.74 Å². The Morgan fingerprint density at radius 3 is 2.46 bits per heavy atom. The first kappa shape index (κ1) is 29.8. The highest BCUT2D eigenvalue weighted by molar-refractivity contribution is 5.86. The second-order valence-electron chi connectivity index (χ2n) is 9.86. The van der Waals surface area contributed by atoms with E-state index in [9.17, 15) is 19.5 Å². The zero-order valence-electron chi connectivity index (χ0n) is 22.2. The van der Waals surface area contributed by atoms with Crippen LogP contribution in [0, 0.1) is 11.8 Å². The second kappa shape index (κ2) is 15.7. The standard InChI is InChI=1S/C27H41N5O5/c1-5-19(4)14-29-25(34)13-24(33)22(11-18(2)3)31-26(35)23(12-21-15-28-17-30-21)32-27(36)37-16-20-9-7-6-8-10-20/h6-10,15,17-19,22-24,33H,5,11-14,16H2,1-4H3,(H,28,30)(H,29,34)(H,31,35)(H,32,36)/t19?,22?,23-,24?/m0/s1. The van der Waals surface area contributed by atoms with Gasteiger partial charge in [0.1, 0.15) is 12.6 Å². The summed E-state index contributed by atoms with van der Waals surface area (Å²) in [5.74, 6) is -0.282. The number of aliphatic hydroxyl groups excluding tert-OH is 1. The number of hydrogen-bond acceptors (Lipinski definition) is 6. The quantitative estimate of drug-likeness (QED) is 0.247. The Balaban J connectivity index is 2.04. The van der Waals surface area contributed by atoms with Gasteiger partial charge in [0.05, 0.1) is 30.6 Å². The number of aliphatic hydroxyl groups is 1. The lowest BCUT2D eigenvalue weighted by molar-refractivity contribution is -0.127. The largest absolute Gasteiger partial charge is 0.445 e. The van der Waals surface area contributed by atoms with E-state index >= 15 is 0 Å². The molecule has 0 fully saturated rings. The molecular weight excluding hydrogens is 474 g/mol. The van der Waals surface area contributed by atoms with E-state index in [1.165, 1.54) is 6.33 Å². The molecule has 0 radical (unpaired) electrons. The van der Waals surface area contributed by atoms with Crippen LogP contribution in [0.1, 0.15) is 58.2 Å². The number of imidazole rings is 1. The SMILES string of the molecule is CCC(C)CNC(=O)CC(O)C(CC(C)C)NC(=O)[C@H](Cc1c[nH]cn1)NC(=O)OCc1ccccc1. The van der Waals surface area contributed by atoms with Gasteiger partial charge in [-0.3, -0.25) is 9.59 Å². The summed E-state index contributed by atoms with van der Waals surface area (Å²) >= 11 is 0. The molecule has 0 aliphatic rings. The molecule has 5 N–H and O–H groups in total. The van der Waals surface area contributed by atoms with Crippen molar-refractivity contribution in [3.05, 3.63) is 54.1 Å². The third-order valence-corrected chi connectivity index (χ3v) is 6.05. The van der Waals surface area contributed by atoms with E-state index in [0.29, 0.717) is 24.6 Å². The number of H-pyrrole nitrogens is 1. The maximum absolute atomic E-state index is 13.3. The van der Waals surface area contributed by atoms with Crippen LogP contribution in [0.5, 0.6) is 0 Å². The minimum atomic E-state index is -1.08. The second-order valence-corrected chi connectivity index (χ2v) is 9.86. The van der Waals surface area contributed by atoms with Crippen LogP contribution in [0.3, 0.4) is 0 Å². The number of amides is 3. The molecule has 204 valence electrons. The molecule has 0 bridgehead atoms. The van der Waals surface area contributed by atoms with Gasteiger partial charge in [0.2, 0.25) is 11.8 Å². The van der Waals surface area contributed by atoms with Crippen LogP contribution in [-0.2, 0) is 27.4 Å². The van der Waals surface area contributed by atoms with E-state index < -0.39 is 30.2 Å². The smallest absolute Gasteiger partial charge is 0.408 e. The van der Waals surface area contributed by atoms with Crippen molar-refractivity contribution in [2.45, 2.75) is 78.2 Å². The van der Waals surface area contributed by atoms with Crippen LogP contribution in [-0.4, -0.2) is 57.7 Å². The molecule has 0 aliphatic carbocycles. The Morgan fingerprint density at radius 2 is 1.84 bits per heavy atom. The van der Waals surface area contributed by atoms with Gasteiger partial charge >= 0.3 is 6.09 Å². The number of nitrogens with one attached hydrogen (secondary N) is 4. The molecule has 0 spiro atoms. The van der Waals surface area contributed by atoms with Crippen molar-refractivity contribution >= 4 is 17.9 Å². The Morgan fingerprint density at radius 1 is 1.11 bits per heavy atom. The van der Waals surface area contributed by atoms with Gasteiger partial charge in [0, 0.05) is 19.2 Å². The fourth-order valence-corrected chi connectivity index (χ4v) is 3.67. The number of nitrogens with zero attached hydrogens (tertiary/aromatic N) is 1. The molecule has 4 atom stereocenters. The number of alkyl carbamates (subject to hydrolysis) is 1. The molecule has 3 amide bonds. The van der Waals surface area contributed by atoms with Gasteiger partial charge < -0.3 is 30.8 Å². The van der Waals surface area contributed by atoms with Crippen LogP contribution >= 0.6 is 0 Å². The van der Waals surface area contributed by atoms with Crippen LogP contribution < -0.4 is 16.0 Å². The van der Waals surface area contributed by atoms with Gasteiger partial charge in [-0.05, 0) is 23.8 Å². The number of ether oxygens (including phenoxy) is 1. The Hall–Kier alpha value is -3.40. The van der Waals surface area contributed by atoms with Crippen molar-refractivity contribution in [3.63, 3.8) is 0 Å². The van der Waals surface area contributed by atoms with E-state index in [1.54, 1.807) is 6.20 Å². The van der Waals surface area contributed by atoms with Crippen molar-refractivity contribution in [1.29, 1.82) is 0 Å². The number of aromatic nitrogens is 2. The fourth-order valence-electron chi connectivity index (χ4n) is 3.67. The summed E-state index contributed by atoms with van der Waals surface area (Å²) in [5, 5.41) is 19.1. The van der Waals surface area contributed by atoms with Gasteiger partial charge in [0.15, 0.2) is 0 Å². The zero-order chi connectivity index (χ0) is 27.2. The average Bonchev–Trinajstić information content (AvgIpc) is 3.38. The van der Waals surface area contributed by atoms with E-state index in [1.807, 2.05) is 58.0 Å². The highest BCUT2D eigenvalue weighted by Gasteiger charge is 2.29. The summed E-state index contributed by atoms with van der Waals surface area (Å²) in [6, 6.07) is 7.55. The predicted molar refractivity (Wildman–Crippen MR) is 140 cm³/mol. The van der Waals surface area contributed by atoms with Crippen molar-refractivity contribution in [3.8, 4) is 0 Å². The van der Waals surface area contributed by atoms with Gasteiger partial charge in [-0.15, -0.1) is 0 Å². The summed E-state index contributed by atoms with van der Waals surface area (Å²) in [6.07, 6.45) is 2.68. The first-order chi connectivity index (χ1) is 17.7. The van der Waals surface area contributed by atoms with Crippen molar-refractivity contribution in [2.24, 2.45) is 11.8 Å². The highest BCUT2D eigenvalue weighted by Crippen LogP contribution is 2.13. The number of aromatic amines is 1. The lowest BCUT2D eigenvalue weighted by atomic mass is 9.96. The molecule has 10 heteroatoms. The minimum absolute atomic E-state index is 0.0594. The molecule has 0 aliphatic heterocycles. The summed E-state index contributed by atoms with van der Waals surface area (Å²) in [4.78, 5) is 45.1. The summed E-state index contributed by atoms with van der Waals surface area (Å²) < 4.78 is 5.29. The maximum Gasteiger partial charge on any atom is 0.408 e. The molecular formula is C27H41N5O5. The zero-order valence-corrected chi connectivity index (χ0v) is 22.2. The van der Waals surface area contributed by atoms with E-state index in [-0.39, 0.29) is 31.3 Å². The molecule has 3 unspecified atom stereocenters. The lowest BCUT2D eigenvalue weighted by Crippen LogP contribution is -2.54. The van der Waals surface area contributed by atoms with Crippen LogP contribution in [0.2, 0.25) is 0 Å². The molecule has 1 aromatic carbocycles. The summed E-state index contributed by atoms with van der Waals surface area (Å²) in [5.41, 5.74) is 1.39. The first-order valence-corrected chi connectivity index (χ1v) is 12.9. The van der Waals surface area contributed by atoms with E-state index in [0.717, 1.165) is 12.0 Å². The van der Waals surface area contributed by atoms with Gasteiger partial charge in [-0.25, -0.2) is 9.78 Å². The van der Waals surface area contributed by atoms with Crippen molar-refractivity contribution in [1.82, 2.24) is 25.9 Å². The maximum atomic E-state index is 13.3. The number of benzene rings is 1. The summed E-state index contributed by atoms with van der Waals surface area (Å²) in [7, 11) is 0. The molecule has 0 saturated heterocycles. The third kappa shape index (κ3) is 11.5. The molecule has 10 nitrogen and oxygen atoms in total. The predicted octanol–water partition coefficient (Wildman–Crippen LogP) is 2.69. The van der Waals surface area contributed by atoms with Gasteiger partial charge in [-0.2, -0.15) is 0 Å². The third-order valence-electron chi connectivity index (χ3n) is 6.05. The molecule has 2 rings (SSSR count). The Bertz CT molecular complexity index is 951. The van der Waals surface area contributed by atoms with Gasteiger partial charge in [-0.1, -0.05) is 64.4 Å². The highest BCUT2D eigenvalue weighted by atomic mass is 16.5. The number of rotatable bonds is 15. The fraction of sp³-hybridized carbons (Fsp3) is 0.556. The number of carbonyl (C=O) groups is 3. The number of carbonyl (C=O) groups excluding carboxylic acids is 3. The van der Waals surface area contributed by atoms with Crippen LogP contribution in [0.4, 0.5) is 4.79 Å². The minimum Gasteiger partial charge on any atom is -0.445 e.